The summed E-state index contributed by atoms with van der Waals surface area (Å²) in [6, 6.07) is 10.7. The summed E-state index contributed by atoms with van der Waals surface area (Å²) >= 11 is 0. The lowest BCUT2D eigenvalue weighted by Crippen LogP contribution is -2.12. The Morgan fingerprint density at radius 3 is 2.61 bits per heavy atom. The number of fused-ring (bicyclic) bond motifs is 1. The topological polar surface area (TPSA) is 68.5 Å². The van der Waals surface area contributed by atoms with Crippen LogP contribution < -0.4 is 10.1 Å². The molecule has 0 fully saturated rings. The van der Waals surface area contributed by atoms with Gasteiger partial charge >= 0.3 is 0 Å². The van der Waals surface area contributed by atoms with Gasteiger partial charge in [0, 0.05) is 5.56 Å². The van der Waals surface area contributed by atoms with Crippen LogP contribution in [0, 0.1) is 6.92 Å². The highest BCUT2D eigenvalue weighted by Gasteiger charge is 2.08. The van der Waals surface area contributed by atoms with Crippen molar-refractivity contribution in [2.45, 2.75) is 26.9 Å². The number of aromatic nitrogens is 3. The van der Waals surface area contributed by atoms with Gasteiger partial charge in [-0.3, -0.25) is 4.79 Å². The first-order valence-corrected chi connectivity index (χ1v) is 7.42. The zero-order chi connectivity index (χ0) is 16.4. The number of carbonyl (C=O) groups excluding carboxylic acids is 1. The third kappa shape index (κ3) is 3.48. The van der Waals surface area contributed by atoms with E-state index in [1.165, 1.54) is 0 Å². The maximum absolute atomic E-state index is 12.3. The molecular formula is C17H18N4O2. The van der Waals surface area contributed by atoms with Crippen LogP contribution in [0.15, 0.2) is 42.6 Å². The smallest absolute Gasteiger partial charge is 0.255 e. The molecule has 23 heavy (non-hydrogen) atoms. The average Bonchev–Trinajstić information content (AvgIpc) is 2.86. The van der Waals surface area contributed by atoms with Gasteiger partial charge in [0.25, 0.3) is 5.91 Å². The number of aryl methyl sites for hydroxylation is 1. The van der Waals surface area contributed by atoms with E-state index in [-0.39, 0.29) is 12.0 Å². The molecule has 1 amide bonds. The minimum atomic E-state index is -0.183. The largest absolute Gasteiger partial charge is 0.491 e. The van der Waals surface area contributed by atoms with Gasteiger partial charge in [-0.2, -0.15) is 5.10 Å². The van der Waals surface area contributed by atoms with Crippen LogP contribution in [0.25, 0.3) is 5.65 Å². The van der Waals surface area contributed by atoms with E-state index in [1.54, 1.807) is 41.0 Å². The van der Waals surface area contributed by atoms with Crippen molar-refractivity contribution in [2.24, 2.45) is 0 Å². The van der Waals surface area contributed by atoms with Crippen molar-refractivity contribution in [1.82, 2.24) is 14.6 Å². The highest BCUT2D eigenvalue weighted by atomic mass is 16.5. The molecule has 2 heterocycles. The molecule has 0 radical (unpaired) electrons. The predicted octanol–water partition coefficient (Wildman–Crippen LogP) is 3.08. The van der Waals surface area contributed by atoms with Crippen molar-refractivity contribution in [3.8, 4) is 5.75 Å². The number of nitrogens with one attached hydrogen (secondary N) is 1. The van der Waals surface area contributed by atoms with Crippen molar-refractivity contribution in [3.05, 3.63) is 54.0 Å². The number of hydrogen-bond acceptors (Lipinski definition) is 4. The van der Waals surface area contributed by atoms with Crippen molar-refractivity contribution in [2.75, 3.05) is 5.32 Å². The van der Waals surface area contributed by atoms with Gasteiger partial charge < -0.3 is 10.1 Å². The Balaban J connectivity index is 1.74. The fourth-order valence-corrected chi connectivity index (χ4v) is 2.23. The number of anilines is 1. The lowest BCUT2D eigenvalue weighted by Gasteiger charge is -2.10. The molecule has 0 unspecified atom stereocenters. The summed E-state index contributed by atoms with van der Waals surface area (Å²) in [6.45, 7) is 5.75. The van der Waals surface area contributed by atoms with E-state index in [9.17, 15) is 4.79 Å². The number of carbonyl (C=O) groups is 1. The molecule has 0 saturated heterocycles. The molecule has 0 saturated carbocycles. The molecule has 0 atom stereocenters. The third-order valence-electron chi connectivity index (χ3n) is 3.18. The molecule has 0 spiro atoms. The van der Waals surface area contributed by atoms with Crippen molar-refractivity contribution in [3.63, 3.8) is 0 Å². The first kappa shape index (κ1) is 15.0. The molecule has 3 aromatic rings. The first-order valence-electron chi connectivity index (χ1n) is 7.42. The van der Waals surface area contributed by atoms with E-state index in [2.05, 4.69) is 15.4 Å². The summed E-state index contributed by atoms with van der Waals surface area (Å²) in [5, 5.41) is 7.08. The van der Waals surface area contributed by atoms with Crippen LogP contribution >= 0.6 is 0 Å². The average molecular weight is 310 g/mol. The Hall–Kier alpha value is -2.89. The second-order valence-electron chi connectivity index (χ2n) is 5.52. The number of nitrogens with zero attached hydrogens (tertiary/aromatic N) is 3. The Kier molecular flexibility index (Phi) is 3.97. The predicted molar refractivity (Wildman–Crippen MR) is 87.9 cm³/mol. The van der Waals surface area contributed by atoms with Gasteiger partial charge in [-0.25, -0.2) is 9.50 Å². The Morgan fingerprint density at radius 2 is 1.91 bits per heavy atom. The maximum atomic E-state index is 12.3. The summed E-state index contributed by atoms with van der Waals surface area (Å²) in [5.41, 5.74) is 1.97. The summed E-state index contributed by atoms with van der Waals surface area (Å²) < 4.78 is 7.21. The number of rotatable bonds is 4. The highest BCUT2D eigenvalue weighted by molar-refractivity contribution is 6.04. The molecule has 118 valence electrons. The first-order chi connectivity index (χ1) is 11.0. The second kappa shape index (κ2) is 6.08. The molecule has 0 aliphatic carbocycles. The highest BCUT2D eigenvalue weighted by Crippen LogP contribution is 2.16. The molecule has 0 aliphatic heterocycles. The Morgan fingerprint density at radius 1 is 1.17 bits per heavy atom. The van der Waals surface area contributed by atoms with Crippen LogP contribution in [-0.4, -0.2) is 26.6 Å². The molecule has 3 rings (SSSR count). The molecule has 1 aromatic carbocycles. The zero-order valence-electron chi connectivity index (χ0n) is 13.3. The quantitative estimate of drug-likeness (QED) is 0.804. The zero-order valence-corrected chi connectivity index (χ0v) is 13.3. The fraction of sp³-hybridized carbons (Fsp3) is 0.235. The lowest BCUT2D eigenvalue weighted by molar-refractivity contribution is 0.102. The molecular weight excluding hydrogens is 292 g/mol. The summed E-state index contributed by atoms with van der Waals surface area (Å²) in [4.78, 5) is 16.5. The van der Waals surface area contributed by atoms with Gasteiger partial charge in [0.1, 0.15) is 11.6 Å². The summed E-state index contributed by atoms with van der Waals surface area (Å²) in [7, 11) is 0. The fourth-order valence-electron chi connectivity index (χ4n) is 2.23. The van der Waals surface area contributed by atoms with Gasteiger partial charge in [-0.1, -0.05) is 0 Å². The van der Waals surface area contributed by atoms with Crippen LogP contribution in [0.3, 0.4) is 0 Å². The number of hydrogen-bond donors (Lipinski definition) is 1. The standard InChI is InChI=1S/C17H18N4O2/c1-11(2)23-15-7-4-13(5-8-15)17(22)19-14-6-9-16-18-12(3)20-21(16)10-14/h4-11H,1-3H3,(H,19,22). The van der Waals surface area contributed by atoms with Crippen LogP contribution in [0.4, 0.5) is 5.69 Å². The molecule has 6 heteroatoms. The molecule has 2 aromatic heterocycles. The van der Waals surface area contributed by atoms with Crippen LogP contribution in [0.5, 0.6) is 5.75 Å². The van der Waals surface area contributed by atoms with E-state index >= 15 is 0 Å². The minimum absolute atomic E-state index is 0.104. The van der Waals surface area contributed by atoms with Crippen LogP contribution in [0.2, 0.25) is 0 Å². The normalized spacial score (nSPS) is 11.0. The molecule has 1 N–H and O–H groups in total. The summed E-state index contributed by atoms with van der Waals surface area (Å²) in [5.74, 6) is 1.25. The Bertz CT molecular complexity index is 837. The van der Waals surface area contributed by atoms with Gasteiger partial charge in [0.15, 0.2) is 5.65 Å². The van der Waals surface area contributed by atoms with E-state index < -0.39 is 0 Å². The van der Waals surface area contributed by atoms with Gasteiger partial charge in [-0.05, 0) is 57.2 Å². The number of benzene rings is 1. The number of ether oxygens (including phenoxy) is 1. The maximum Gasteiger partial charge on any atom is 0.255 e. The van der Waals surface area contributed by atoms with Gasteiger partial charge in [0.2, 0.25) is 0 Å². The Labute approximate surface area is 134 Å². The van der Waals surface area contributed by atoms with Crippen molar-refractivity contribution in [1.29, 1.82) is 0 Å². The minimum Gasteiger partial charge on any atom is -0.491 e. The van der Waals surface area contributed by atoms with Crippen molar-refractivity contribution >= 4 is 17.2 Å². The van der Waals surface area contributed by atoms with E-state index in [0.717, 1.165) is 11.4 Å². The van der Waals surface area contributed by atoms with Gasteiger partial charge in [0.05, 0.1) is 18.0 Å². The third-order valence-corrected chi connectivity index (χ3v) is 3.18. The van der Waals surface area contributed by atoms with Gasteiger partial charge in [-0.15, -0.1) is 0 Å². The second-order valence-corrected chi connectivity index (χ2v) is 5.52. The summed E-state index contributed by atoms with van der Waals surface area (Å²) in [6.07, 6.45) is 1.84. The number of pyridine rings is 1. The van der Waals surface area contributed by atoms with Crippen LogP contribution in [-0.2, 0) is 0 Å². The molecule has 6 nitrogen and oxygen atoms in total. The molecule has 0 bridgehead atoms. The number of amides is 1. The van der Waals surface area contributed by atoms with Crippen molar-refractivity contribution < 1.29 is 9.53 Å². The van der Waals surface area contributed by atoms with E-state index in [1.807, 2.05) is 26.8 Å². The molecule has 0 aliphatic rings. The van der Waals surface area contributed by atoms with E-state index in [0.29, 0.717) is 17.1 Å². The SMILES string of the molecule is Cc1nc2ccc(NC(=O)c3ccc(OC(C)C)cc3)cn2n1. The van der Waals surface area contributed by atoms with Crippen LogP contribution in [0.1, 0.15) is 30.0 Å². The monoisotopic (exact) mass is 310 g/mol. The lowest BCUT2D eigenvalue weighted by atomic mass is 10.2. The van der Waals surface area contributed by atoms with E-state index in [4.69, 9.17) is 4.74 Å².